The van der Waals surface area contributed by atoms with Crippen LogP contribution >= 0.6 is 45.8 Å². The van der Waals surface area contributed by atoms with E-state index in [1.807, 2.05) is 37.3 Å². The molecule has 4 nitrogen and oxygen atoms in total. The Kier molecular flexibility index (Phi) is 7.64. The van der Waals surface area contributed by atoms with Crippen molar-refractivity contribution in [1.29, 1.82) is 0 Å². The molecule has 0 heterocycles. The number of nitrogens with one attached hydrogen (secondary N) is 1. The van der Waals surface area contributed by atoms with E-state index in [0.717, 1.165) is 9.13 Å². The molecule has 1 amide bonds. The van der Waals surface area contributed by atoms with Crippen LogP contribution in [0.3, 0.4) is 0 Å². The second-order valence-corrected chi connectivity index (χ2v) is 8.05. The van der Waals surface area contributed by atoms with Crippen LogP contribution in [-0.2, 0) is 6.61 Å². The summed E-state index contributed by atoms with van der Waals surface area (Å²) in [6, 6.07) is 18.2. The molecule has 3 rings (SSSR count). The highest BCUT2D eigenvalue weighted by atomic mass is 127. The lowest BCUT2D eigenvalue weighted by atomic mass is 10.1. The van der Waals surface area contributed by atoms with Gasteiger partial charge in [-0.2, -0.15) is 0 Å². The van der Waals surface area contributed by atoms with Crippen molar-refractivity contribution in [2.24, 2.45) is 0 Å². The van der Waals surface area contributed by atoms with E-state index in [4.69, 9.17) is 32.7 Å². The van der Waals surface area contributed by atoms with Gasteiger partial charge in [-0.3, -0.25) is 4.79 Å². The molecule has 0 bridgehead atoms. The molecular weight excluding hydrogens is 524 g/mol. The number of anilines is 1. The highest BCUT2D eigenvalue weighted by Crippen LogP contribution is 2.35. The lowest BCUT2D eigenvalue weighted by Crippen LogP contribution is -2.13. The minimum Gasteiger partial charge on any atom is -0.489 e. The molecule has 0 saturated heterocycles. The third-order valence-electron chi connectivity index (χ3n) is 3.98. The molecule has 0 aliphatic carbocycles. The van der Waals surface area contributed by atoms with E-state index in [1.54, 1.807) is 30.3 Å². The Morgan fingerprint density at radius 2 is 1.76 bits per heavy atom. The van der Waals surface area contributed by atoms with Crippen molar-refractivity contribution in [2.45, 2.75) is 13.5 Å². The summed E-state index contributed by atoms with van der Waals surface area (Å²) in [6.07, 6.45) is 0. The van der Waals surface area contributed by atoms with Crippen molar-refractivity contribution in [2.75, 3.05) is 11.9 Å². The van der Waals surface area contributed by atoms with E-state index in [9.17, 15) is 4.79 Å². The number of carbonyl (C=O) groups excluding carboxylic acids is 1. The fraction of sp³-hybridized carbons (Fsp3) is 0.136. The first-order valence-electron chi connectivity index (χ1n) is 8.87. The average molecular weight is 542 g/mol. The average Bonchev–Trinajstić information content (AvgIpc) is 2.71. The van der Waals surface area contributed by atoms with E-state index in [1.165, 1.54) is 0 Å². The van der Waals surface area contributed by atoms with Crippen molar-refractivity contribution in [3.63, 3.8) is 0 Å². The molecule has 0 aliphatic heterocycles. The number of halogens is 3. The van der Waals surface area contributed by atoms with E-state index in [-0.39, 0.29) is 5.91 Å². The minimum atomic E-state index is -0.283. The third kappa shape index (κ3) is 5.78. The number of hydrogen-bond acceptors (Lipinski definition) is 3. The van der Waals surface area contributed by atoms with Gasteiger partial charge in [-0.25, -0.2) is 0 Å². The second kappa shape index (κ2) is 10.2. The van der Waals surface area contributed by atoms with E-state index >= 15 is 0 Å². The highest BCUT2D eigenvalue weighted by molar-refractivity contribution is 14.1. The van der Waals surface area contributed by atoms with Crippen LogP contribution in [0.2, 0.25) is 10.0 Å². The molecule has 0 aliphatic rings. The van der Waals surface area contributed by atoms with Crippen molar-refractivity contribution in [3.8, 4) is 11.5 Å². The zero-order valence-corrected chi connectivity index (χ0v) is 19.2. The molecule has 0 spiro atoms. The normalized spacial score (nSPS) is 10.5. The Morgan fingerprint density at radius 1 is 1.00 bits per heavy atom. The molecule has 29 heavy (non-hydrogen) atoms. The predicted molar refractivity (Wildman–Crippen MR) is 126 cm³/mol. The fourth-order valence-electron chi connectivity index (χ4n) is 2.60. The smallest absolute Gasteiger partial charge is 0.255 e. The summed E-state index contributed by atoms with van der Waals surface area (Å²) in [6.45, 7) is 2.77. The van der Waals surface area contributed by atoms with Gasteiger partial charge in [0.25, 0.3) is 5.91 Å². The number of benzene rings is 3. The number of hydrogen-bond donors (Lipinski definition) is 1. The Balaban J connectivity index is 1.85. The first kappa shape index (κ1) is 21.7. The summed E-state index contributed by atoms with van der Waals surface area (Å²) in [4.78, 5) is 12.8. The van der Waals surface area contributed by atoms with E-state index in [0.29, 0.717) is 46.0 Å². The summed E-state index contributed by atoms with van der Waals surface area (Å²) in [7, 11) is 0. The van der Waals surface area contributed by atoms with Crippen LogP contribution in [0, 0.1) is 3.57 Å². The maximum atomic E-state index is 12.8. The summed E-state index contributed by atoms with van der Waals surface area (Å²) in [5, 5.41) is 3.62. The van der Waals surface area contributed by atoms with Crippen LogP contribution < -0.4 is 14.8 Å². The molecule has 0 aromatic heterocycles. The standard InChI is InChI=1S/C22H18Cl2INO3/c1-2-28-21-19(25)10-15(11-20(21)29-13-14-6-4-3-5-7-14)22(27)26-16-8-9-17(23)18(24)12-16/h3-12H,2,13H2,1H3,(H,26,27). The van der Waals surface area contributed by atoms with Crippen LogP contribution in [0.25, 0.3) is 0 Å². The second-order valence-electron chi connectivity index (χ2n) is 6.08. The monoisotopic (exact) mass is 541 g/mol. The van der Waals surface area contributed by atoms with Gasteiger partial charge in [0, 0.05) is 11.3 Å². The van der Waals surface area contributed by atoms with Crippen LogP contribution in [0.15, 0.2) is 60.7 Å². The van der Waals surface area contributed by atoms with Gasteiger partial charge in [0.2, 0.25) is 0 Å². The summed E-state index contributed by atoms with van der Waals surface area (Å²) < 4.78 is 12.5. The third-order valence-corrected chi connectivity index (χ3v) is 5.52. The van der Waals surface area contributed by atoms with Gasteiger partial charge in [0.05, 0.1) is 20.2 Å². The largest absolute Gasteiger partial charge is 0.489 e. The van der Waals surface area contributed by atoms with Crippen molar-refractivity contribution < 1.29 is 14.3 Å². The maximum absolute atomic E-state index is 12.8. The molecule has 0 unspecified atom stereocenters. The quantitative estimate of drug-likeness (QED) is 0.333. The van der Waals surface area contributed by atoms with Crippen molar-refractivity contribution >= 4 is 57.4 Å². The Morgan fingerprint density at radius 3 is 2.45 bits per heavy atom. The summed E-state index contributed by atoms with van der Waals surface area (Å²) >= 11 is 14.1. The van der Waals surface area contributed by atoms with Crippen LogP contribution in [0.5, 0.6) is 11.5 Å². The Bertz CT molecular complexity index is 1010. The SMILES string of the molecule is CCOc1c(I)cc(C(=O)Nc2ccc(Cl)c(Cl)c2)cc1OCc1ccccc1. The maximum Gasteiger partial charge on any atom is 0.255 e. The molecule has 1 N–H and O–H groups in total. The van der Waals surface area contributed by atoms with Gasteiger partial charge in [0.15, 0.2) is 11.5 Å². The number of amides is 1. The van der Waals surface area contributed by atoms with Gasteiger partial charge < -0.3 is 14.8 Å². The first-order valence-corrected chi connectivity index (χ1v) is 10.7. The van der Waals surface area contributed by atoms with Gasteiger partial charge in [-0.15, -0.1) is 0 Å². The van der Waals surface area contributed by atoms with Gasteiger partial charge in [-0.05, 0) is 65.4 Å². The van der Waals surface area contributed by atoms with Gasteiger partial charge >= 0.3 is 0 Å². The van der Waals surface area contributed by atoms with Crippen LogP contribution in [0.4, 0.5) is 5.69 Å². The predicted octanol–water partition coefficient (Wildman–Crippen LogP) is 6.83. The topological polar surface area (TPSA) is 47.6 Å². The fourth-order valence-corrected chi connectivity index (χ4v) is 3.66. The zero-order valence-electron chi connectivity index (χ0n) is 15.5. The first-order chi connectivity index (χ1) is 14.0. The van der Waals surface area contributed by atoms with Crippen LogP contribution in [0.1, 0.15) is 22.8 Å². The molecule has 0 fully saturated rings. The van der Waals surface area contributed by atoms with Gasteiger partial charge in [-0.1, -0.05) is 53.5 Å². The Labute approximate surface area is 193 Å². The highest BCUT2D eigenvalue weighted by Gasteiger charge is 2.17. The van der Waals surface area contributed by atoms with E-state index in [2.05, 4.69) is 27.9 Å². The molecule has 0 saturated carbocycles. The summed E-state index contributed by atoms with van der Waals surface area (Å²) in [5.74, 6) is 0.853. The molecule has 3 aromatic carbocycles. The lowest BCUT2D eigenvalue weighted by Gasteiger charge is -2.15. The molecule has 0 atom stereocenters. The number of carbonyl (C=O) groups is 1. The number of ether oxygens (including phenoxy) is 2. The Hall–Kier alpha value is -1.96. The van der Waals surface area contributed by atoms with Gasteiger partial charge in [0.1, 0.15) is 6.61 Å². The van der Waals surface area contributed by atoms with E-state index < -0.39 is 0 Å². The zero-order chi connectivity index (χ0) is 20.8. The molecule has 7 heteroatoms. The number of rotatable bonds is 7. The molecule has 150 valence electrons. The van der Waals surface area contributed by atoms with Crippen LogP contribution in [-0.4, -0.2) is 12.5 Å². The summed E-state index contributed by atoms with van der Waals surface area (Å²) in [5.41, 5.74) is 2.03. The molecule has 3 aromatic rings. The van der Waals surface area contributed by atoms with Crippen molar-refractivity contribution in [1.82, 2.24) is 0 Å². The lowest BCUT2D eigenvalue weighted by molar-refractivity contribution is 0.102. The minimum absolute atomic E-state index is 0.283. The molecular formula is C22H18Cl2INO3. The molecule has 0 radical (unpaired) electrons. The van der Waals surface area contributed by atoms with Crippen molar-refractivity contribution in [3.05, 3.63) is 85.4 Å².